The van der Waals surface area contributed by atoms with Gasteiger partial charge in [-0.1, -0.05) is 17.7 Å². The molecule has 0 aliphatic heterocycles. The first kappa shape index (κ1) is 23.9. The topological polar surface area (TPSA) is 64.1 Å². The quantitative estimate of drug-likeness (QED) is 0.591. The molecule has 4 nitrogen and oxygen atoms in total. The van der Waals surface area contributed by atoms with Crippen LogP contribution in [0.3, 0.4) is 0 Å². The highest BCUT2D eigenvalue weighted by atomic mass is 35.5. The van der Waals surface area contributed by atoms with E-state index in [9.17, 15) is 18.8 Å². The van der Waals surface area contributed by atoms with Gasteiger partial charge in [0, 0.05) is 30.9 Å². The van der Waals surface area contributed by atoms with Gasteiger partial charge in [-0.25, -0.2) is 4.39 Å². The van der Waals surface area contributed by atoms with Crippen LogP contribution in [-0.4, -0.2) is 22.3 Å². The standard InChI is InChI=1S/C24H26FNO3.ClH/c1-14-9-15(2)22(16(3)10-14)23-21(28)11-17(24(23)29)5-4-6-20(27)12-19-8-7-18(25)13-26-19;/h7-10,13,17,23H,4-6,11-12H2,1-3H3;1H. The lowest BCUT2D eigenvalue weighted by molar-refractivity contribution is -0.125. The molecule has 1 aromatic carbocycles. The molecule has 0 radical (unpaired) electrons. The van der Waals surface area contributed by atoms with E-state index in [1.807, 2.05) is 32.9 Å². The van der Waals surface area contributed by atoms with E-state index in [0.717, 1.165) is 28.5 Å². The maximum atomic E-state index is 13.0. The van der Waals surface area contributed by atoms with Crippen LogP contribution < -0.4 is 0 Å². The van der Waals surface area contributed by atoms with Gasteiger partial charge in [-0.3, -0.25) is 19.4 Å². The number of carbonyl (C=O) groups is 3. The van der Waals surface area contributed by atoms with Gasteiger partial charge in [0.25, 0.3) is 0 Å². The van der Waals surface area contributed by atoms with Crippen molar-refractivity contribution in [1.82, 2.24) is 4.98 Å². The van der Waals surface area contributed by atoms with Gasteiger partial charge < -0.3 is 0 Å². The number of pyridine rings is 1. The number of rotatable bonds is 7. The number of nitrogens with zero attached hydrogens (tertiary/aromatic N) is 1. The average molecular weight is 432 g/mol. The molecule has 1 saturated carbocycles. The van der Waals surface area contributed by atoms with E-state index in [0.29, 0.717) is 25.0 Å². The monoisotopic (exact) mass is 431 g/mol. The third-order valence-corrected chi connectivity index (χ3v) is 5.66. The maximum absolute atomic E-state index is 13.0. The molecule has 2 unspecified atom stereocenters. The zero-order valence-corrected chi connectivity index (χ0v) is 18.4. The van der Waals surface area contributed by atoms with Crippen LogP contribution in [0.25, 0.3) is 0 Å². The third kappa shape index (κ3) is 5.39. The Hall–Kier alpha value is -2.40. The zero-order valence-electron chi connectivity index (χ0n) is 17.5. The first-order chi connectivity index (χ1) is 13.8. The van der Waals surface area contributed by atoms with Crippen molar-refractivity contribution in [1.29, 1.82) is 0 Å². The van der Waals surface area contributed by atoms with Crippen LogP contribution in [0.4, 0.5) is 4.39 Å². The molecule has 0 saturated heterocycles. The zero-order chi connectivity index (χ0) is 21.1. The molecule has 2 aromatic rings. The predicted molar refractivity (Wildman–Crippen MR) is 116 cm³/mol. The van der Waals surface area contributed by atoms with Crippen molar-refractivity contribution in [3.63, 3.8) is 0 Å². The molecule has 0 spiro atoms. The molecule has 2 atom stereocenters. The van der Waals surface area contributed by atoms with Crippen LogP contribution in [0.2, 0.25) is 0 Å². The SMILES string of the molecule is Cc1cc(C)c(C2C(=O)CC(CCCC(=O)Cc3ccc(F)cn3)C2=O)c(C)c1.Cl. The summed E-state index contributed by atoms with van der Waals surface area (Å²) in [6.45, 7) is 5.90. The van der Waals surface area contributed by atoms with E-state index >= 15 is 0 Å². The molecule has 0 amide bonds. The van der Waals surface area contributed by atoms with Crippen LogP contribution in [0, 0.1) is 32.5 Å². The fourth-order valence-corrected chi connectivity index (χ4v) is 4.40. The fraction of sp³-hybridized carbons (Fsp3) is 0.417. The summed E-state index contributed by atoms with van der Waals surface area (Å²) < 4.78 is 12.9. The van der Waals surface area contributed by atoms with Crippen molar-refractivity contribution in [2.45, 2.75) is 58.8 Å². The molecule has 1 aliphatic rings. The number of aryl methyl sites for hydroxylation is 3. The maximum Gasteiger partial charge on any atom is 0.151 e. The van der Waals surface area contributed by atoms with Crippen molar-refractivity contribution >= 4 is 29.8 Å². The fourth-order valence-electron chi connectivity index (χ4n) is 4.40. The van der Waals surface area contributed by atoms with Gasteiger partial charge in [-0.05, 0) is 62.4 Å². The van der Waals surface area contributed by atoms with Crippen LogP contribution in [0.5, 0.6) is 0 Å². The lowest BCUT2D eigenvalue weighted by Gasteiger charge is -2.16. The molecule has 0 bridgehead atoms. The second-order valence-corrected chi connectivity index (χ2v) is 8.09. The van der Waals surface area contributed by atoms with Gasteiger partial charge in [0.2, 0.25) is 0 Å². The van der Waals surface area contributed by atoms with E-state index < -0.39 is 11.7 Å². The van der Waals surface area contributed by atoms with Crippen molar-refractivity contribution in [3.05, 3.63) is 64.2 Å². The molecule has 6 heteroatoms. The van der Waals surface area contributed by atoms with E-state index in [-0.39, 0.29) is 48.5 Å². The molecule has 160 valence electrons. The Balaban J connectivity index is 0.00000320. The molecule has 1 heterocycles. The number of benzene rings is 1. The summed E-state index contributed by atoms with van der Waals surface area (Å²) in [5.74, 6) is -1.44. The number of hydrogen-bond acceptors (Lipinski definition) is 4. The average Bonchev–Trinajstić information content (AvgIpc) is 2.91. The summed E-state index contributed by atoms with van der Waals surface area (Å²) in [6.07, 6.45) is 2.92. The minimum absolute atomic E-state index is 0. The Labute approximate surface area is 182 Å². The molecular formula is C24H27ClFNO3. The molecule has 1 fully saturated rings. The highest BCUT2D eigenvalue weighted by molar-refractivity contribution is 6.15. The summed E-state index contributed by atoms with van der Waals surface area (Å²) in [5, 5.41) is 0. The van der Waals surface area contributed by atoms with Crippen molar-refractivity contribution in [3.8, 4) is 0 Å². The molecule has 0 N–H and O–H groups in total. The Morgan fingerprint density at radius 1 is 1.13 bits per heavy atom. The third-order valence-electron chi connectivity index (χ3n) is 5.66. The predicted octanol–water partition coefficient (Wildman–Crippen LogP) is 4.79. The van der Waals surface area contributed by atoms with E-state index in [2.05, 4.69) is 4.98 Å². The smallest absolute Gasteiger partial charge is 0.151 e. The summed E-state index contributed by atoms with van der Waals surface area (Å²) in [4.78, 5) is 41.6. The highest BCUT2D eigenvalue weighted by Crippen LogP contribution is 2.38. The van der Waals surface area contributed by atoms with Crippen molar-refractivity contribution in [2.75, 3.05) is 0 Å². The summed E-state index contributed by atoms with van der Waals surface area (Å²) in [7, 11) is 0. The number of ketones is 3. The second-order valence-electron chi connectivity index (χ2n) is 8.09. The first-order valence-electron chi connectivity index (χ1n) is 10.0. The number of carbonyl (C=O) groups excluding carboxylic acids is 3. The Morgan fingerprint density at radius 3 is 2.40 bits per heavy atom. The van der Waals surface area contributed by atoms with E-state index in [1.165, 1.54) is 12.1 Å². The van der Waals surface area contributed by atoms with E-state index in [4.69, 9.17) is 0 Å². The second kappa shape index (κ2) is 10.1. The Morgan fingerprint density at radius 2 is 1.80 bits per heavy atom. The highest BCUT2D eigenvalue weighted by Gasteiger charge is 2.42. The molecule has 1 aliphatic carbocycles. The minimum atomic E-state index is -0.667. The minimum Gasteiger partial charge on any atom is -0.299 e. The largest absolute Gasteiger partial charge is 0.299 e. The first-order valence-corrected chi connectivity index (χ1v) is 10.0. The summed E-state index contributed by atoms with van der Waals surface area (Å²) >= 11 is 0. The van der Waals surface area contributed by atoms with Gasteiger partial charge in [0.15, 0.2) is 5.78 Å². The molecule has 3 rings (SSSR count). The molecule has 30 heavy (non-hydrogen) atoms. The van der Waals surface area contributed by atoms with Gasteiger partial charge in [-0.15, -0.1) is 12.4 Å². The lowest BCUT2D eigenvalue weighted by atomic mass is 9.86. The summed E-state index contributed by atoms with van der Waals surface area (Å²) in [5.41, 5.74) is 4.47. The Kier molecular flexibility index (Phi) is 8.02. The van der Waals surface area contributed by atoms with Gasteiger partial charge >= 0.3 is 0 Å². The van der Waals surface area contributed by atoms with Crippen LogP contribution >= 0.6 is 12.4 Å². The molecular weight excluding hydrogens is 405 g/mol. The number of halogens is 2. The molecule has 1 aromatic heterocycles. The Bertz CT molecular complexity index is 932. The van der Waals surface area contributed by atoms with Crippen LogP contribution in [0.1, 0.15) is 59.5 Å². The van der Waals surface area contributed by atoms with Gasteiger partial charge in [0.1, 0.15) is 23.3 Å². The van der Waals surface area contributed by atoms with Crippen molar-refractivity contribution in [2.24, 2.45) is 5.92 Å². The number of hydrogen-bond donors (Lipinski definition) is 0. The van der Waals surface area contributed by atoms with Gasteiger partial charge in [-0.2, -0.15) is 0 Å². The van der Waals surface area contributed by atoms with Crippen LogP contribution in [-0.2, 0) is 20.8 Å². The van der Waals surface area contributed by atoms with E-state index in [1.54, 1.807) is 0 Å². The summed E-state index contributed by atoms with van der Waals surface area (Å²) in [6, 6.07) is 6.81. The van der Waals surface area contributed by atoms with Crippen molar-refractivity contribution < 1.29 is 18.8 Å². The lowest BCUT2D eigenvalue weighted by Crippen LogP contribution is -2.18. The van der Waals surface area contributed by atoms with Gasteiger partial charge in [0.05, 0.1) is 6.20 Å². The number of Topliss-reactive ketones (excluding diaryl/α,β-unsaturated/α-hetero) is 3. The normalized spacial score (nSPS) is 18.4. The number of aromatic nitrogens is 1. The van der Waals surface area contributed by atoms with Crippen LogP contribution in [0.15, 0.2) is 30.5 Å².